The van der Waals surface area contributed by atoms with E-state index in [2.05, 4.69) is 34.2 Å². The molecule has 0 atom stereocenters. The monoisotopic (exact) mass is 561 g/mol. The zero-order valence-electron chi connectivity index (χ0n) is 20.7. The smallest absolute Gasteiger partial charge is 0.475 e. The Morgan fingerprint density at radius 3 is 2.30 bits per heavy atom. The fraction of sp³-hybridized carbons (Fsp3) is 0.462. The molecule has 37 heavy (non-hydrogen) atoms. The summed E-state index contributed by atoms with van der Waals surface area (Å²) in [6.07, 6.45) is 0.0236. The Morgan fingerprint density at radius 1 is 0.973 bits per heavy atom. The highest BCUT2D eigenvalue weighted by Gasteiger charge is 2.38. The highest BCUT2D eigenvalue weighted by Crippen LogP contribution is 2.23. The Hall–Kier alpha value is -2.33. The molecule has 0 bridgehead atoms. The van der Waals surface area contributed by atoms with E-state index in [1.54, 1.807) is 18.2 Å². The number of halogens is 5. The van der Waals surface area contributed by atoms with Gasteiger partial charge in [-0.2, -0.15) is 13.2 Å². The lowest BCUT2D eigenvalue weighted by Gasteiger charge is -2.22. The maximum Gasteiger partial charge on any atom is 0.490 e. The first-order chi connectivity index (χ1) is 17.5. The van der Waals surface area contributed by atoms with E-state index in [1.165, 1.54) is 44.3 Å². The molecule has 6 nitrogen and oxygen atoms in total. The third kappa shape index (κ3) is 11.3. The molecule has 0 aliphatic carbocycles. The summed E-state index contributed by atoms with van der Waals surface area (Å²) in [5.74, 6) is -2.95. The largest absolute Gasteiger partial charge is 0.490 e. The van der Waals surface area contributed by atoms with Crippen LogP contribution in [0.4, 0.5) is 18.9 Å². The third-order valence-electron chi connectivity index (χ3n) is 5.77. The van der Waals surface area contributed by atoms with Gasteiger partial charge in [0.25, 0.3) is 5.91 Å². The average Bonchev–Trinajstić information content (AvgIpc) is 3.06. The van der Waals surface area contributed by atoms with Crippen LogP contribution in [0.2, 0.25) is 10.0 Å². The summed E-state index contributed by atoms with van der Waals surface area (Å²) < 4.78 is 31.7. The molecule has 1 saturated heterocycles. The van der Waals surface area contributed by atoms with Crippen molar-refractivity contribution < 1.29 is 27.9 Å². The first-order valence-electron chi connectivity index (χ1n) is 12.1. The van der Waals surface area contributed by atoms with Gasteiger partial charge >= 0.3 is 12.1 Å². The summed E-state index contributed by atoms with van der Waals surface area (Å²) >= 11 is 12.0. The van der Waals surface area contributed by atoms with Crippen molar-refractivity contribution in [2.24, 2.45) is 0 Å². The minimum Gasteiger partial charge on any atom is -0.475 e. The number of nitrogens with one attached hydrogen (secondary N) is 1. The predicted octanol–water partition coefficient (Wildman–Crippen LogP) is 6.58. The number of unbranched alkanes of at least 4 members (excludes halogenated alkanes) is 2. The summed E-state index contributed by atoms with van der Waals surface area (Å²) in [6, 6.07) is 13.0. The van der Waals surface area contributed by atoms with Crippen LogP contribution in [0.15, 0.2) is 42.5 Å². The molecule has 1 aliphatic rings. The molecule has 1 heterocycles. The number of hydrogen-bond acceptors (Lipinski definition) is 4. The topological polar surface area (TPSA) is 72.9 Å². The second-order valence-electron chi connectivity index (χ2n) is 8.76. The lowest BCUT2D eigenvalue weighted by molar-refractivity contribution is -0.192. The van der Waals surface area contributed by atoms with Gasteiger partial charge in [-0.05, 0) is 68.4 Å². The first-order valence-corrected chi connectivity index (χ1v) is 12.9. The van der Waals surface area contributed by atoms with Crippen LogP contribution in [0.25, 0.3) is 0 Å². The Morgan fingerprint density at radius 2 is 1.65 bits per heavy atom. The van der Waals surface area contributed by atoms with Crippen LogP contribution in [0, 0.1) is 0 Å². The van der Waals surface area contributed by atoms with E-state index in [1.807, 2.05) is 12.1 Å². The number of carbonyl (C=O) groups is 2. The number of rotatable bonds is 8. The van der Waals surface area contributed by atoms with Crippen LogP contribution in [-0.2, 0) is 11.3 Å². The van der Waals surface area contributed by atoms with Gasteiger partial charge in [-0.25, -0.2) is 4.79 Å². The van der Waals surface area contributed by atoms with Gasteiger partial charge in [0.15, 0.2) is 0 Å². The fourth-order valence-corrected chi connectivity index (χ4v) is 4.14. The standard InChI is InChI=1S/C24H31Cl2N3O.C2HF3O2/c1-2-3-4-11-28-12-6-13-29(15-14-28)18-19-7-5-8-21(16-19)27-24(30)20-9-10-22(25)23(26)17-20;3-2(4,5)1(6)7/h5,7-10,16-17H,2-4,6,11-15,18H2,1H3,(H,27,30);(H,6,7). The van der Waals surface area contributed by atoms with Gasteiger partial charge in [0.1, 0.15) is 0 Å². The normalized spacial score (nSPS) is 14.9. The molecule has 0 radical (unpaired) electrons. The van der Waals surface area contributed by atoms with E-state index >= 15 is 0 Å². The van der Waals surface area contributed by atoms with E-state index in [0.717, 1.165) is 31.9 Å². The maximum absolute atomic E-state index is 12.5. The minimum atomic E-state index is -5.08. The number of carbonyl (C=O) groups excluding carboxylic acids is 1. The summed E-state index contributed by atoms with van der Waals surface area (Å²) in [7, 11) is 0. The van der Waals surface area contributed by atoms with E-state index < -0.39 is 12.1 Å². The lowest BCUT2D eigenvalue weighted by atomic mass is 10.1. The highest BCUT2D eigenvalue weighted by molar-refractivity contribution is 6.42. The molecule has 0 aromatic heterocycles. The first kappa shape index (κ1) is 30.9. The molecular weight excluding hydrogens is 530 g/mol. The van der Waals surface area contributed by atoms with Gasteiger partial charge in [-0.15, -0.1) is 0 Å². The maximum atomic E-state index is 12.5. The van der Waals surface area contributed by atoms with Crippen molar-refractivity contribution in [3.05, 3.63) is 63.6 Å². The number of hydrogen-bond donors (Lipinski definition) is 2. The molecule has 3 rings (SSSR count). The molecule has 2 N–H and O–H groups in total. The summed E-state index contributed by atoms with van der Waals surface area (Å²) in [5.41, 5.74) is 2.49. The highest BCUT2D eigenvalue weighted by atomic mass is 35.5. The number of amides is 1. The van der Waals surface area contributed by atoms with Crippen molar-refractivity contribution in [3.8, 4) is 0 Å². The van der Waals surface area contributed by atoms with Gasteiger partial charge in [-0.1, -0.05) is 55.1 Å². The zero-order chi connectivity index (χ0) is 27.4. The van der Waals surface area contributed by atoms with Crippen LogP contribution in [0.1, 0.15) is 48.5 Å². The van der Waals surface area contributed by atoms with Crippen molar-refractivity contribution in [1.29, 1.82) is 0 Å². The van der Waals surface area contributed by atoms with Crippen LogP contribution in [0.3, 0.4) is 0 Å². The molecule has 11 heteroatoms. The van der Waals surface area contributed by atoms with Crippen LogP contribution in [-0.4, -0.2) is 65.7 Å². The zero-order valence-corrected chi connectivity index (χ0v) is 22.2. The van der Waals surface area contributed by atoms with E-state index in [0.29, 0.717) is 15.6 Å². The van der Waals surface area contributed by atoms with Gasteiger partial charge in [-0.3, -0.25) is 9.69 Å². The van der Waals surface area contributed by atoms with Crippen molar-refractivity contribution in [1.82, 2.24) is 9.80 Å². The number of anilines is 1. The number of aliphatic carboxylic acids is 1. The molecule has 2 aromatic carbocycles. The molecule has 1 fully saturated rings. The number of carboxylic acid groups (broad SMARTS) is 1. The van der Waals surface area contributed by atoms with Crippen LogP contribution < -0.4 is 5.32 Å². The number of benzene rings is 2. The predicted molar refractivity (Wildman–Crippen MR) is 140 cm³/mol. The quantitative estimate of drug-likeness (QED) is 0.356. The second-order valence-corrected chi connectivity index (χ2v) is 9.58. The summed E-state index contributed by atoms with van der Waals surface area (Å²) in [6.45, 7) is 8.91. The summed E-state index contributed by atoms with van der Waals surface area (Å²) in [5, 5.41) is 10.9. The van der Waals surface area contributed by atoms with Crippen molar-refractivity contribution in [3.63, 3.8) is 0 Å². The molecule has 1 aliphatic heterocycles. The lowest BCUT2D eigenvalue weighted by Crippen LogP contribution is -2.31. The van der Waals surface area contributed by atoms with E-state index in [4.69, 9.17) is 33.1 Å². The molecule has 0 saturated carbocycles. The number of carboxylic acids is 1. The van der Waals surface area contributed by atoms with Crippen LogP contribution in [0.5, 0.6) is 0 Å². The molecule has 2 aromatic rings. The number of alkyl halides is 3. The van der Waals surface area contributed by atoms with E-state index in [-0.39, 0.29) is 5.91 Å². The van der Waals surface area contributed by atoms with Gasteiger partial charge in [0.2, 0.25) is 0 Å². The molecule has 0 unspecified atom stereocenters. The Kier molecular flexibility index (Phi) is 12.7. The van der Waals surface area contributed by atoms with E-state index in [9.17, 15) is 18.0 Å². The fourth-order valence-electron chi connectivity index (χ4n) is 3.84. The van der Waals surface area contributed by atoms with Gasteiger partial charge < -0.3 is 15.3 Å². The minimum absolute atomic E-state index is 0.191. The molecule has 0 spiro atoms. The average molecular weight is 562 g/mol. The van der Waals surface area contributed by atoms with Crippen LogP contribution >= 0.6 is 23.2 Å². The third-order valence-corrected chi connectivity index (χ3v) is 6.51. The SMILES string of the molecule is CCCCCN1CCCN(Cc2cccc(NC(=O)c3ccc(Cl)c(Cl)c3)c2)CC1.O=C(O)C(F)(F)F. The second kappa shape index (κ2) is 15.2. The Balaban J connectivity index is 0.000000604. The van der Waals surface area contributed by atoms with Gasteiger partial charge in [0.05, 0.1) is 10.0 Å². The Bertz CT molecular complexity index is 1040. The summed E-state index contributed by atoms with van der Waals surface area (Å²) in [4.78, 5) is 26.5. The molecule has 1 amide bonds. The Labute approximate surface area is 225 Å². The van der Waals surface area contributed by atoms with Crippen molar-refractivity contribution >= 4 is 40.8 Å². The van der Waals surface area contributed by atoms with Crippen molar-refractivity contribution in [2.45, 2.75) is 45.3 Å². The number of nitrogens with zero attached hydrogens (tertiary/aromatic N) is 2. The van der Waals surface area contributed by atoms with Crippen molar-refractivity contribution in [2.75, 3.05) is 38.0 Å². The molecular formula is C26H32Cl2F3N3O3. The molecule has 204 valence electrons. The van der Waals surface area contributed by atoms with Gasteiger partial charge in [0, 0.05) is 30.9 Å².